The molecule has 0 radical (unpaired) electrons. The van der Waals surface area contributed by atoms with E-state index in [2.05, 4.69) is 16.0 Å². The van der Waals surface area contributed by atoms with Crippen LogP contribution in [-0.4, -0.2) is 30.9 Å². The van der Waals surface area contributed by atoms with Gasteiger partial charge in [0.15, 0.2) is 0 Å². The summed E-state index contributed by atoms with van der Waals surface area (Å²) in [4.78, 5) is 22.8. The Morgan fingerprint density at radius 3 is 2.76 bits per heavy atom. The van der Waals surface area contributed by atoms with Gasteiger partial charge in [-0.05, 0) is 37.1 Å². The van der Waals surface area contributed by atoms with Gasteiger partial charge in [0.1, 0.15) is 11.9 Å². The lowest BCUT2D eigenvalue weighted by Gasteiger charge is -2.23. The van der Waals surface area contributed by atoms with E-state index < -0.39 is 6.04 Å². The zero-order valence-corrected chi connectivity index (χ0v) is 11.6. The highest BCUT2D eigenvalue weighted by Crippen LogP contribution is 2.27. The molecule has 2 amide bonds. The van der Waals surface area contributed by atoms with Crippen LogP contribution >= 0.6 is 0 Å². The fraction of sp³-hybridized carbons (Fsp3) is 0.467. The lowest BCUT2D eigenvalue weighted by Crippen LogP contribution is -2.47. The van der Waals surface area contributed by atoms with Crippen LogP contribution in [0.4, 0.5) is 10.1 Å². The number of carbonyl (C=O) groups excluding carboxylic acids is 2. The molecule has 3 N–H and O–H groups in total. The molecule has 2 heterocycles. The molecule has 3 rings (SSSR count). The van der Waals surface area contributed by atoms with Crippen molar-refractivity contribution in [1.29, 1.82) is 0 Å². The number of hydrogen-bond donors (Lipinski definition) is 3. The first-order valence-electron chi connectivity index (χ1n) is 7.24. The van der Waals surface area contributed by atoms with Crippen LogP contribution in [0.5, 0.6) is 0 Å². The van der Waals surface area contributed by atoms with Crippen LogP contribution in [0.1, 0.15) is 30.7 Å². The lowest BCUT2D eigenvalue weighted by atomic mass is 9.97. The second-order valence-corrected chi connectivity index (χ2v) is 5.57. The molecule has 0 bridgehead atoms. The molecule has 5 nitrogen and oxygen atoms in total. The molecular weight excluding hydrogens is 273 g/mol. The summed E-state index contributed by atoms with van der Waals surface area (Å²) in [5, 5.41) is 8.49. The van der Waals surface area contributed by atoms with Crippen LogP contribution in [0.15, 0.2) is 18.2 Å². The van der Waals surface area contributed by atoms with E-state index >= 15 is 0 Å². The van der Waals surface area contributed by atoms with Crippen LogP contribution in [0.2, 0.25) is 0 Å². The summed E-state index contributed by atoms with van der Waals surface area (Å²) in [5.74, 6) is -0.639. The van der Waals surface area contributed by atoms with Crippen molar-refractivity contribution < 1.29 is 14.0 Å². The van der Waals surface area contributed by atoms with Gasteiger partial charge in [-0.3, -0.25) is 14.9 Å². The predicted octanol–water partition coefficient (Wildman–Crippen LogP) is 1.12. The van der Waals surface area contributed by atoms with Gasteiger partial charge in [0, 0.05) is 24.6 Å². The second kappa shape index (κ2) is 5.81. The number of hydrogen-bond acceptors (Lipinski definition) is 4. The van der Waals surface area contributed by atoms with E-state index in [-0.39, 0.29) is 23.5 Å². The highest BCUT2D eigenvalue weighted by molar-refractivity contribution is 6.01. The van der Waals surface area contributed by atoms with Crippen molar-refractivity contribution in [2.75, 3.05) is 18.4 Å². The standard InChI is InChI=1S/C15H18FN3O2/c16-12-7-10(1-2-11(12)9-5-6-17-8-9)18-13-3-4-14(20)19-15(13)21/h1-2,7,9,13,17-18H,3-6,8H2,(H,19,20,21). The summed E-state index contributed by atoms with van der Waals surface area (Å²) in [6.45, 7) is 1.72. The highest BCUT2D eigenvalue weighted by atomic mass is 19.1. The Bertz CT molecular complexity index is 570. The summed E-state index contributed by atoms with van der Waals surface area (Å²) in [5.41, 5.74) is 1.28. The largest absolute Gasteiger partial charge is 0.374 e. The van der Waals surface area contributed by atoms with Gasteiger partial charge in [0.25, 0.3) is 0 Å². The Labute approximate surface area is 122 Å². The minimum Gasteiger partial charge on any atom is -0.374 e. The fourth-order valence-corrected chi connectivity index (χ4v) is 2.90. The zero-order valence-electron chi connectivity index (χ0n) is 11.6. The summed E-state index contributed by atoms with van der Waals surface area (Å²) >= 11 is 0. The topological polar surface area (TPSA) is 70.2 Å². The van der Waals surface area contributed by atoms with Gasteiger partial charge in [-0.1, -0.05) is 6.07 Å². The van der Waals surface area contributed by atoms with E-state index in [0.717, 1.165) is 19.5 Å². The van der Waals surface area contributed by atoms with E-state index in [1.807, 2.05) is 0 Å². The van der Waals surface area contributed by atoms with Gasteiger partial charge in [-0.25, -0.2) is 4.39 Å². The first-order chi connectivity index (χ1) is 10.1. The minimum atomic E-state index is -0.485. The number of amides is 2. The van der Waals surface area contributed by atoms with Crippen molar-refractivity contribution >= 4 is 17.5 Å². The summed E-state index contributed by atoms with van der Waals surface area (Å²) in [6, 6.07) is 4.51. The van der Waals surface area contributed by atoms with Gasteiger partial charge in [0.2, 0.25) is 11.8 Å². The van der Waals surface area contributed by atoms with Gasteiger partial charge in [-0.2, -0.15) is 0 Å². The van der Waals surface area contributed by atoms with Crippen LogP contribution in [0.3, 0.4) is 0 Å². The molecule has 0 saturated carbocycles. The normalized spacial score (nSPS) is 25.8. The molecule has 2 aliphatic heterocycles. The maximum Gasteiger partial charge on any atom is 0.249 e. The highest BCUT2D eigenvalue weighted by Gasteiger charge is 2.27. The molecule has 21 heavy (non-hydrogen) atoms. The van der Waals surface area contributed by atoms with Crippen molar-refractivity contribution in [3.8, 4) is 0 Å². The van der Waals surface area contributed by atoms with Crippen molar-refractivity contribution in [3.63, 3.8) is 0 Å². The third-order valence-electron chi connectivity index (χ3n) is 4.08. The molecular formula is C15H18FN3O2. The number of piperidine rings is 1. The number of anilines is 1. The number of rotatable bonds is 3. The number of carbonyl (C=O) groups is 2. The molecule has 0 spiro atoms. The average Bonchev–Trinajstić information content (AvgIpc) is 2.96. The Balaban J connectivity index is 1.70. The second-order valence-electron chi connectivity index (χ2n) is 5.57. The van der Waals surface area contributed by atoms with Crippen molar-refractivity contribution in [2.45, 2.75) is 31.2 Å². The molecule has 2 unspecified atom stereocenters. The number of halogens is 1. The molecule has 0 aliphatic carbocycles. The van der Waals surface area contributed by atoms with E-state index in [4.69, 9.17) is 0 Å². The number of benzene rings is 1. The summed E-state index contributed by atoms with van der Waals surface area (Å²) in [7, 11) is 0. The van der Waals surface area contributed by atoms with Crippen molar-refractivity contribution in [1.82, 2.24) is 10.6 Å². The average molecular weight is 291 g/mol. The molecule has 0 aromatic heterocycles. The smallest absolute Gasteiger partial charge is 0.249 e. The summed E-state index contributed by atoms with van der Waals surface area (Å²) in [6.07, 6.45) is 1.68. The van der Waals surface area contributed by atoms with Gasteiger partial charge in [0.05, 0.1) is 0 Å². The molecule has 1 aromatic rings. The Kier molecular flexibility index (Phi) is 3.88. The van der Waals surface area contributed by atoms with Gasteiger partial charge in [-0.15, -0.1) is 0 Å². The van der Waals surface area contributed by atoms with Crippen molar-refractivity contribution in [3.05, 3.63) is 29.6 Å². The molecule has 112 valence electrons. The number of nitrogens with one attached hydrogen (secondary N) is 3. The van der Waals surface area contributed by atoms with Crippen LogP contribution in [-0.2, 0) is 9.59 Å². The van der Waals surface area contributed by atoms with Crippen LogP contribution in [0, 0.1) is 5.82 Å². The Morgan fingerprint density at radius 1 is 1.24 bits per heavy atom. The molecule has 2 aliphatic rings. The van der Waals surface area contributed by atoms with E-state index in [0.29, 0.717) is 24.1 Å². The first kappa shape index (κ1) is 14.0. The van der Waals surface area contributed by atoms with E-state index in [9.17, 15) is 14.0 Å². The zero-order chi connectivity index (χ0) is 14.8. The van der Waals surface area contributed by atoms with E-state index in [1.165, 1.54) is 6.07 Å². The molecule has 2 fully saturated rings. The SMILES string of the molecule is O=C1CCC(Nc2ccc(C3CCNC3)c(F)c2)C(=O)N1. The summed E-state index contributed by atoms with van der Waals surface area (Å²) < 4.78 is 14.2. The maximum absolute atomic E-state index is 14.2. The Morgan fingerprint density at radius 2 is 2.10 bits per heavy atom. The third-order valence-corrected chi connectivity index (χ3v) is 4.08. The van der Waals surface area contributed by atoms with Gasteiger partial charge >= 0.3 is 0 Å². The number of imide groups is 1. The van der Waals surface area contributed by atoms with Crippen LogP contribution in [0.25, 0.3) is 0 Å². The third kappa shape index (κ3) is 3.05. The fourth-order valence-electron chi connectivity index (χ4n) is 2.90. The molecule has 6 heteroatoms. The quantitative estimate of drug-likeness (QED) is 0.730. The lowest BCUT2D eigenvalue weighted by molar-refractivity contribution is -0.133. The molecule has 2 saturated heterocycles. The monoisotopic (exact) mass is 291 g/mol. The van der Waals surface area contributed by atoms with Crippen molar-refractivity contribution in [2.24, 2.45) is 0 Å². The van der Waals surface area contributed by atoms with Gasteiger partial charge < -0.3 is 10.6 Å². The Hall–Kier alpha value is -1.95. The predicted molar refractivity (Wildman–Crippen MR) is 76.4 cm³/mol. The molecule has 2 atom stereocenters. The molecule has 1 aromatic carbocycles. The first-order valence-corrected chi connectivity index (χ1v) is 7.24. The maximum atomic E-state index is 14.2. The van der Waals surface area contributed by atoms with E-state index in [1.54, 1.807) is 12.1 Å². The van der Waals surface area contributed by atoms with Crippen LogP contribution < -0.4 is 16.0 Å². The minimum absolute atomic E-state index is 0.217.